The lowest BCUT2D eigenvalue weighted by Gasteiger charge is -2.18. The Bertz CT molecular complexity index is 515. The number of hydrogen-bond donors (Lipinski definition) is 1. The zero-order chi connectivity index (χ0) is 13.2. The number of halogens is 2. The van der Waals surface area contributed by atoms with E-state index in [9.17, 15) is 8.42 Å². The Morgan fingerprint density at radius 1 is 1.41 bits per heavy atom. The zero-order valence-corrected chi connectivity index (χ0v) is 11.6. The van der Waals surface area contributed by atoms with Crippen LogP contribution in [0.2, 0.25) is 10.0 Å². The Labute approximate surface area is 110 Å². The van der Waals surface area contributed by atoms with Crippen molar-refractivity contribution >= 4 is 38.9 Å². The molecule has 0 heterocycles. The molecule has 5 nitrogen and oxygen atoms in total. The normalized spacial score (nSPS) is 12.1. The van der Waals surface area contributed by atoms with Crippen LogP contribution in [0.1, 0.15) is 6.92 Å². The highest BCUT2D eigenvalue weighted by atomic mass is 35.5. The summed E-state index contributed by atoms with van der Waals surface area (Å²) in [7, 11) is -2.57. The summed E-state index contributed by atoms with van der Waals surface area (Å²) < 4.78 is 25.0. The van der Waals surface area contributed by atoms with Crippen LogP contribution in [0, 0.1) is 0 Å². The molecule has 0 aliphatic heterocycles. The van der Waals surface area contributed by atoms with Crippen LogP contribution in [-0.4, -0.2) is 26.5 Å². The van der Waals surface area contributed by atoms with Crippen LogP contribution in [0.4, 0.5) is 5.69 Å². The summed E-state index contributed by atoms with van der Waals surface area (Å²) in [5.41, 5.74) is 5.60. The molecule has 1 rings (SSSR count). The van der Waals surface area contributed by atoms with Crippen molar-refractivity contribution in [3.63, 3.8) is 0 Å². The number of hydrogen-bond acceptors (Lipinski definition) is 4. The number of rotatable bonds is 4. The van der Waals surface area contributed by atoms with Gasteiger partial charge in [0.2, 0.25) is 0 Å². The molecule has 0 saturated heterocycles. The molecular weight excluding hydrogens is 287 g/mol. The first-order chi connectivity index (χ1) is 7.86. The lowest BCUT2D eigenvalue weighted by molar-refractivity contribution is -0.0442. The van der Waals surface area contributed by atoms with E-state index in [1.165, 1.54) is 19.2 Å². The van der Waals surface area contributed by atoms with Crippen LogP contribution in [0.3, 0.4) is 0 Å². The van der Waals surface area contributed by atoms with Crippen LogP contribution in [-0.2, 0) is 14.9 Å². The van der Waals surface area contributed by atoms with Crippen molar-refractivity contribution in [3.05, 3.63) is 22.2 Å². The van der Waals surface area contributed by atoms with E-state index in [1.54, 1.807) is 6.92 Å². The second-order valence-electron chi connectivity index (χ2n) is 3.08. The molecular formula is C9H12Cl2N2O3S. The molecule has 0 bridgehead atoms. The van der Waals surface area contributed by atoms with Crippen molar-refractivity contribution in [3.8, 4) is 0 Å². The highest BCUT2D eigenvalue weighted by molar-refractivity contribution is 7.89. The third-order valence-corrected chi connectivity index (χ3v) is 4.79. The monoisotopic (exact) mass is 298 g/mol. The van der Waals surface area contributed by atoms with Gasteiger partial charge in [-0.3, -0.25) is 4.84 Å². The van der Waals surface area contributed by atoms with Gasteiger partial charge >= 0.3 is 0 Å². The lowest BCUT2D eigenvalue weighted by Crippen LogP contribution is -2.30. The molecule has 0 aromatic heterocycles. The van der Waals surface area contributed by atoms with Crippen molar-refractivity contribution in [1.82, 2.24) is 4.47 Å². The number of nitrogens with two attached hydrogens (primary N) is 1. The first-order valence-corrected chi connectivity index (χ1v) is 6.86. The second kappa shape index (κ2) is 5.41. The SMILES string of the molecule is CCN(OC)S(=O)(=O)c1ccc(Cl)c(N)c1Cl. The molecule has 0 radical (unpaired) electrons. The third-order valence-electron chi connectivity index (χ3n) is 2.10. The smallest absolute Gasteiger partial charge is 0.266 e. The summed E-state index contributed by atoms with van der Waals surface area (Å²) in [6.45, 7) is 1.78. The molecule has 96 valence electrons. The first kappa shape index (κ1) is 14.5. The van der Waals surface area contributed by atoms with Gasteiger partial charge < -0.3 is 5.73 Å². The number of benzene rings is 1. The van der Waals surface area contributed by atoms with Crippen LogP contribution >= 0.6 is 23.2 Å². The van der Waals surface area contributed by atoms with Gasteiger partial charge in [-0.25, -0.2) is 8.42 Å². The van der Waals surface area contributed by atoms with E-state index in [-0.39, 0.29) is 27.2 Å². The molecule has 0 saturated carbocycles. The van der Waals surface area contributed by atoms with E-state index in [0.717, 1.165) is 4.47 Å². The molecule has 0 atom stereocenters. The predicted octanol–water partition coefficient (Wildman–Crippen LogP) is 2.15. The molecule has 0 aliphatic rings. The number of anilines is 1. The predicted molar refractivity (Wildman–Crippen MR) is 67.4 cm³/mol. The van der Waals surface area contributed by atoms with E-state index >= 15 is 0 Å². The molecule has 0 amide bonds. The maximum atomic E-state index is 12.1. The summed E-state index contributed by atoms with van der Waals surface area (Å²) in [4.78, 5) is 4.62. The maximum Gasteiger partial charge on any atom is 0.266 e. The third kappa shape index (κ3) is 2.66. The highest BCUT2D eigenvalue weighted by Crippen LogP contribution is 2.34. The molecule has 0 aliphatic carbocycles. The van der Waals surface area contributed by atoms with Crippen molar-refractivity contribution in [1.29, 1.82) is 0 Å². The van der Waals surface area contributed by atoms with E-state index in [4.69, 9.17) is 33.8 Å². The fourth-order valence-corrected chi connectivity index (χ4v) is 3.25. The molecule has 0 spiro atoms. The summed E-state index contributed by atoms with van der Waals surface area (Å²) in [5, 5.41) is 0.0995. The lowest BCUT2D eigenvalue weighted by atomic mass is 10.3. The van der Waals surface area contributed by atoms with Crippen LogP contribution in [0.5, 0.6) is 0 Å². The molecule has 8 heteroatoms. The number of hydroxylamine groups is 1. The maximum absolute atomic E-state index is 12.1. The van der Waals surface area contributed by atoms with Crippen LogP contribution in [0.15, 0.2) is 17.0 Å². The Balaban J connectivity index is 3.40. The van der Waals surface area contributed by atoms with Gasteiger partial charge in [-0.05, 0) is 19.1 Å². The van der Waals surface area contributed by atoms with Gasteiger partial charge in [-0.2, -0.15) is 0 Å². The Morgan fingerprint density at radius 2 is 2.00 bits per heavy atom. The first-order valence-electron chi connectivity index (χ1n) is 4.66. The summed E-state index contributed by atoms with van der Waals surface area (Å²) >= 11 is 11.6. The molecule has 0 fully saturated rings. The van der Waals surface area contributed by atoms with Crippen LogP contribution < -0.4 is 5.73 Å². The standard InChI is InChI=1S/C9H12Cl2N2O3S/c1-3-13(16-2)17(14,15)7-5-4-6(10)9(12)8(7)11/h4-5H,3,12H2,1-2H3. The number of nitrogen functional groups attached to an aromatic ring is 1. The Hall–Kier alpha value is -0.530. The topological polar surface area (TPSA) is 72.6 Å². The second-order valence-corrected chi connectivity index (χ2v) is 5.66. The van der Waals surface area contributed by atoms with E-state index in [0.29, 0.717) is 0 Å². The molecule has 2 N–H and O–H groups in total. The minimum Gasteiger partial charge on any atom is -0.396 e. The quantitative estimate of drug-likeness (QED) is 0.683. The molecule has 1 aromatic carbocycles. The number of nitrogens with zero attached hydrogens (tertiary/aromatic N) is 1. The summed E-state index contributed by atoms with van der Waals surface area (Å²) in [5.74, 6) is 0. The average Bonchev–Trinajstić information content (AvgIpc) is 2.27. The van der Waals surface area contributed by atoms with Gasteiger partial charge in [-0.15, -0.1) is 0 Å². The molecule has 0 unspecified atom stereocenters. The van der Waals surface area contributed by atoms with Crippen molar-refractivity contribution in [2.24, 2.45) is 0 Å². The van der Waals surface area contributed by atoms with Crippen molar-refractivity contribution in [2.75, 3.05) is 19.4 Å². The summed E-state index contributed by atoms with van der Waals surface area (Å²) in [6.07, 6.45) is 0. The largest absolute Gasteiger partial charge is 0.396 e. The van der Waals surface area contributed by atoms with Gasteiger partial charge in [0.15, 0.2) is 0 Å². The fourth-order valence-electron chi connectivity index (χ4n) is 1.26. The van der Waals surface area contributed by atoms with Gasteiger partial charge in [0, 0.05) is 6.54 Å². The molecule has 17 heavy (non-hydrogen) atoms. The summed E-state index contributed by atoms with van der Waals surface area (Å²) in [6, 6.07) is 2.66. The van der Waals surface area contributed by atoms with Gasteiger partial charge in [-0.1, -0.05) is 27.7 Å². The number of sulfonamides is 1. The van der Waals surface area contributed by atoms with Crippen molar-refractivity contribution in [2.45, 2.75) is 11.8 Å². The van der Waals surface area contributed by atoms with Crippen molar-refractivity contribution < 1.29 is 13.3 Å². The van der Waals surface area contributed by atoms with Crippen LogP contribution in [0.25, 0.3) is 0 Å². The average molecular weight is 299 g/mol. The Kier molecular flexibility index (Phi) is 4.62. The Morgan fingerprint density at radius 3 is 2.47 bits per heavy atom. The van der Waals surface area contributed by atoms with E-state index < -0.39 is 10.0 Å². The zero-order valence-electron chi connectivity index (χ0n) is 9.28. The van der Waals surface area contributed by atoms with E-state index in [2.05, 4.69) is 0 Å². The van der Waals surface area contributed by atoms with E-state index in [1.807, 2.05) is 0 Å². The highest BCUT2D eigenvalue weighted by Gasteiger charge is 2.27. The minimum atomic E-state index is -3.83. The molecule has 1 aromatic rings. The minimum absolute atomic E-state index is 0.0292. The van der Waals surface area contributed by atoms with Gasteiger partial charge in [0.1, 0.15) is 4.90 Å². The van der Waals surface area contributed by atoms with Gasteiger partial charge in [0.05, 0.1) is 22.8 Å². The fraction of sp³-hybridized carbons (Fsp3) is 0.333. The van der Waals surface area contributed by atoms with Gasteiger partial charge in [0.25, 0.3) is 10.0 Å².